The van der Waals surface area contributed by atoms with Gasteiger partial charge in [-0.1, -0.05) is 12.2 Å². The maximum atomic E-state index is 12.6. The summed E-state index contributed by atoms with van der Waals surface area (Å²) in [5, 5.41) is 14.1. The van der Waals surface area contributed by atoms with Crippen LogP contribution in [0.3, 0.4) is 0 Å². The van der Waals surface area contributed by atoms with Gasteiger partial charge in [0, 0.05) is 17.6 Å². The number of nitrogens with one attached hydrogen (secondary N) is 1. The molecule has 2 aliphatic rings. The largest absolute Gasteiger partial charge is 0.550 e. The van der Waals surface area contributed by atoms with E-state index in [-0.39, 0.29) is 23.8 Å². The molecular weight excluding hydrogens is 322 g/mol. The predicted molar refractivity (Wildman–Crippen MR) is 88.3 cm³/mol. The highest BCUT2D eigenvalue weighted by atomic mass is 16.5. The third kappa shape index (κ3) is 3.43. The molecule has 1 aromatic carbocycles. The molecule has 0 unspecified atom stereocenters. The molecule has 0 aliphatic heterocycles. The lowest BCUT2D eigenvalue weighted by atomic mass is 9.82. The fourth-order valence-electron chi connectivity index (χ4n) is 3.70. The number of anilines is 1. The summed E-state index contributed by atoms with van der Waals surface area (Å²) in [7, 11) is 0. The minimum absolute atomic E-state index is 0.0619. The highest BCUT2D eigenvalue weighted by Gasteiger charge is 2.48. The lowest BCUT2D eigenvalue weighted by Crippen LogP contribution is -2.42. The van der Waals surface area contributed by atoms with Crippen molar-refractivity contribution in [2.45, 2.75) is 26.4 Å². The van der Waals surface area contributed by atoms with Crippen molar-refractivity contribution in [3.63, 3.8) is 0 Å². The Hall–Kier alpha value is -2.63. The van der Waals surface area contributed by atoms with Crippen LogP contribution >= 0.6 is 0 Å². The Morgan fingerprint density at radius 1 is 1.08 bits per heavy atom. The minimum atomic E-state index is -1.18. The maximum absolute atomic E-state index is 12.6. The Balaban J connectivity index is 1.68. The van der Waals surface area contributed by atoms with Crippen LogP contribution in [0.15, 0.2) is 36.4 Å². The number of rotatable bonds is 5. The van der Waals surface area contributed by atoms with Crippen LogP contribution in [0, 0.1) is 23.7 Å². The van der Waals surface area contributed by atoms with Crippen molar-refractivity contribution in [3.05, 3.63) is 42.0 Å². The fraction of sp³-hybridized carbons (Fsp3) is 0.421. The minimum Gasteiger partial charge on any atom is -0.550 e. The number of fused-ring (bicyclic) bond motifs is 2. The van der Waals surface area contributed by atoms with E-state index in [1.165, 1.54) is 0 Å². The van der Waals surface area contributed by atoms with Gasteiger partial charge in [-0.05, 0) is 56.4 Å². The molecule has 1 fully saturated rings. The Labute approximate surface area is 145 Å². The smallest absolute Gasteiger partial charge is 0.338 e. The van der Waals surface area contributed by atoms with E-state index in [1.54, 1.807) is 38.1 Å². The second kappa shape index (κ2) is 6.70. The Kier molecular flexibility index (Phi) is 4.61. The number of aliphatic carboxylic acids is 1. The molecule has 0 spiro atoms. The van der Waals surface area contributed by atoms with E-state index in [2.05, 4.69) is 5.32 Å². The van der Waals surface area contributed by atoms with E-state index < -0.39 is 23.8 Å². The summed E-state index contributed by atoms with van der Waals surface area (Å²) >= 11 is 0. The number of ether oxygens (including phenoxy) is 1. The molecule has 25 heavy (non-hydrogen) atoms. The first-order chi connectivity index (χ1) is 11.9. The maximum Gasteiger partial charge on any atom is 0.338 e. The van der Waals surface area contributed by atoms with Crippen molar-refractivity contribution in [2.24, 2.45) is 23.7 Å². The lowest BCUT2D eigenvalue weighted by Gasteiger charge is -2.27. The van der Waals surface area contributed by atoms with Crippen LogP contribution in [0.4, 0.5) is 5.69 Å². The zero-order valence-electron chi connectivity index (χ0n) is 14.1. The third-order valence-electron chi connectivity index (χ3n) is 4.77. The third-order valence-corrected chi connectivity index (χ3v) is 4.77. The zero-order valence-corrected chi connectivity index (χ0v) is 14.1. The number of hydrogen-bond acceptors (Lipinski definition) is 5. The molecule has 1 saturated carbocycles. The molecule has 132 valence electrons. The van der Waals surface area contributed by atoms with Crippen LogP contribution in [-0.4, -0.2) is 23.9 Å². The molecule has 0 saturated heterocycles. The molecule has 1 aromatic rings. The summed E-state index contributed by atoms with van der Waals surface area (Å²) in [5.74, 6) is -3.52. The average molecular weight is 342 g/mol. The van der Waals surface area contributed by atoms with E-state index in [0.717, 1.165) is 0 Å². The van der Waals surface area contributed by atoms with Crippen LogP contribution in [-0.2, 0) is 14.3 Å². The van der Waals surface area contributed by atoms with Crippen molar-refractivity contribution in [1.29, 1.82) is 0 Å². The van der Waals surface area contributed by atoms with Gasteiger partial charge in [0.25, 0.3) is 0 Å². The number of hydrogen-bond donors (Lipinski definition) is 1. The number of benzene rings is 1. The summed E-state index contributed by atoms with van der Waals surface area (Å²) in [5.41, 5.74) is 0.900. The van der Waals surface area contributed by atoms with Gasteiger partial charge >= 0.3 is 5.97 Å². The van der Waals surface area contributed by atoms with Crippen molar-refractivity contribution >= 4 is 23.5 Å². The Bertz CT molecular complexity index is 722. The predicted octanol–water partition coefficient (Wildman–Crippen LogP) is 1.38. The van der Waals surface area contributed by atoms with Crippen molar-refractivity contribution < 1.29 is 24.2 Å². The first-order valence-corrected chi connectivity index (χ1v) is 8.38. The van der Waals surface area contributed by atoms with E-state index in [1.807, 2.05) is 12.2 Å². The van der Waals surface area contributed by atoms with Gasteiger partial charge in [0.05, 0.1) is 17.6 Å². The second-order valence-electron chi connectivity index (χ2n) is 6.84. The molecule has 6 heteroatoms. The summed E-state index contributed by atoms with van der Waals surface area (Å²) < 4.78 is 5.11. The van der Waals surface area contributed by atoms with E-state index in [0.29, 0.717) is 17.7 Å². The van der Waals surface area contributed by atoms with Gasteiger partial charge in [0.15, 0.2) is 0 Å². The second-order valence-corrected chi connectivity index (χ2v) is 6.84. The number of carboxylic acid groups (broad SMARTS) is 1. The molecular formula is C19H20NO5-. The molecule has 2 bridgehead atoms. The summed E-state index contributed by atoms with van der Waals surface area (Å²) in [4.78, 5) is 35.8. The van der Waals surface area contributed by atoms with Crippen LogP contribution in [0.5, 0.6) is 0 Å². The van der Waals surface area contributed by atoms with Gasteiger partial charge in [-0.15, -0.1) is 0 Å². The van der Waals surface area contributed by atoms with Crippen molar-refractivity contribution in [1.82, 2.24) is 0 Å². The number of carboxylic acids is 1. The molecule has 0 aromatic heterocycles. The van der Waals surface area contributed by atoms with E-state index >= 15 is 0 Å². The number of esters is 1. The topological polar surface area (TPSA) is 95.5 Å². The highest BCUT2D eigenvalue weighted by molar-refractivity contribution is 5.97. The van der Waals surface area contributed by atoms with E-state index in [4.69, 9.17) is 4.74 Å². The Morgan fingerprint density at radius 2 is 1.68 bits per heavy atom. The van der Waals surface area contributed by atoms with E-state index in [9.17, 15) is 19.5 Å². The lowest BCUT2D eigenvalue weighted by molar-refractivity contribution is -0.313. The monoisotopic (exact) mass is 342 g/mol. The number of amides is 1. The summed E-state index contributed by atoms with van der Waals surface area (Å²) in [6.45, 7) is 3.54. The Morgan fingerprint density at radius 3 is 2.24 bits per heavy atom. The molecule has 1 amide bonds. The van der Waals surface area contributed by atoms with Crippen LogP contribution < -0.4 is 10.4 Å². The zero-order chi connectivity index (χ0) is 18.1. The quantitative estimate of drug-likeness (QED) is 0.644. The average Bonchev–Trinajstić information content (AvgIpc) is 3.15. The summed E-state index contributed by atoms with van der Waals surface area (Å²) in [6, 6.07) is 6.34. The first kappa shape index (κ1) is 17.2. The van der Waals surface area contributed by atoms with Crippen LogP contribution in [0.2, 0.25) is 0 Å². The van der Waals surface area contributed by atoms with Crippen molar-refractivity contribution in [3.8, 4) is 0 Å². The van der Waals surface area contributed by atoms with Gasteiger partial charge in [-0.3, -0.25) is 4.79 Å². The normalized spacial score (nSPS) is 26.7. The number of carbonyl (C=O) groups excluding carboxylic acids is 3. The standard InChI is InChI=1S/C19H21NO5/c1-10(2)25-19(24)11-5-7-14(8-6-11)20-17(21)15-12-3-4-13(9-12)16(15)18(22)23/h3-8,10,12-13,15-16H,9H2,1-2H3,(H,20,21)(H,22,23)/p-1/t12-,13-,15+,16-/m0/s1. The molecule has 1 N–H and O–H groups in total. The molecule has 6 nitrogen and oxygen atoms in total. The molecule has 4 atom stereocenters. The molecule has 2 aliphatic carbocycles. The van der Waals surface area contributed by atoms with Gasteiger partial charge < -0.3 is 20.0 Å². The number of allylic oxidation sites excluding steroid dienone is 2. The van der Waals surface area contributed by atoms with Gasteiger partial charge in [0.2, 0.25) is 5.91 Å². The first-order valence-electron chi connectivity index (χ1n) is 8.38. The highest BCUT2D eigenvalue weighted by Crippen LogP contribution is 2.48. The van der Waals surface area contributed by atoms with Gasteiger partial charge in [-0.2, -0.15) is 0 Å². The van der Waals surface area contributed by atoms with Crippen LogP contribution in [0.25, 0.3) is 0 Å². The van der Waals surface area contributed by atoms with Crippen molar-refractivity contribution in [2.75, 3.05) is 5.32 Å². The van der Waals surface area contributed by atoms with Crippen LogP contribution in [0.1, 0.15) is 30.6 Å². The molecule has 0 radical (unpaired) electrons. The fourth-order valence-corrected chi connectivity index (χ4v) is 3.70. The molecule has 3 rings (SSSR count). The molecule has 0 heterocycles. The van der Waals surface area contributed by atoms with Gasteiger partial charge in [-0.25, -0.2) is 4.79 Å². The summed E-state index contributed by atoms with van der Waals surface area (Å²) in [6.07, 6.45) is 4.25. The SMILES string of the molecule is CC(C)OC(=O)c1ccc(NC(=O)[C@H]2[C@@H](C(=O)[O-])[C@H]3C=C[C@H]2C3)cc1. The number of carbonyl (C=O) groups is 3. The van der Waals surface area contributed by atoms with Gasteiger partial charge in [0.1, 0.15) is 0 Å².